The van der Waals surface area contributed by atoms with Crippen molar-refractivity contribution < 1.29 is 19.1 Å². The van der Waals surface area contributed by atoms with Crippen LogP contribution in [0.3, 0.4) is 0 Å². The number of hydrogen-bond acceptors (Lipinski definition) is 4. The number of hydrogen-bond donors (Lipinski definition) is 0. The summed E-state index contributed by atoms with van der Waals surface area (Å²) in [6, 6.07) is 0. The molecule has 1 unspecified atom stereocenters. The Kier molecular flexibility index (Phi) is 5.24. The van der Waals surface area contributed by atoms with Crippen LogP contribution < -0.4 is 0 Å². The summed E-state index contributed by atoms with van der Waals surface area (Å²) in [6.45, 7) is 7.65. The first-order chi connectivity index (χ1) is 14.6. The van der Waals surface area contributed by atoms with E-state index in [1.165, 1.54) is 58.8 Å². The lowest BCUT2D eigenvalue weighted by Gasteiger charge is -2.64. The molecule has 0 radical (unpaired) electrons. The molecular weight excluding hydrogens is 412 g/mol. The van der Waals surface area contributed by atoms with Gasteiger partial charge in [0, 0.05) is 26.2 Å². The van der Waals surface area contributed by atoms with Crippen molar-refractivity contribution in [3.8, 4) is 0 Å². The smallest absolute Gasteiger partial charge is 0.302 e. The van der Waals surface area contributed by atoms with Gasteiger partial charge >= 0.3 is 11.9 Å². The highest BCUT2D eigenvalue weighted by molar-refractivity contribution is 6.25. The second kappa shape index (κ2) is 7.37. The van der Waals surface area contributed by atoms with E-state index in [0.29, 0.717) is 17.8 Å². The van der Waals surface area contributed by atoms with E-state index in [2.05, 4.69) is 13.8 Å². The van der Waals surface area contributed by atoms with Crippen molar-refractivity contribution in [2.24, 2.45) is 40.4 Å². The first-order valence-corrected chi connectivity index (χ1v) is 13.0. The fraction of sp³-hybridized carbons (Fsp3) is 0.923. The number of ether oxygens (including phenoxy) is 2. The summed E-state index contributed by atoms with van der Waals surface area (Å²) < 4.78 is 11.3. The Morgan fingerprint density at radius 2 is 1.71 bits per heavy atom. The van der Waals surface area contributed by atoms with Gasteiger partial charge in [-0.3, -0.25) is 9.59 Å². The van der Waals surface area contributed by atoms with Crippen LogP contribution in [0.25, 0.3) is 0 Å². The van der Waals surface area contributed by atoms with E-state index in [1.54, 1.807) is 0 Å². The van der Waals surface area contributed by atoms with Crippen molar-refractivity contribution in [3.63, 3.8) is 0 Å². The Labute approximate surface area is 192 Å². The quantitative estimate of drug-likeness (QED) is 0.397. The lowest BCUT2D eigenvalue weighted by atomic mass is 9.44. The minimum absolute atomic E-state index is 0.00503. The van der Waals surface area contributed by atoms with E-state index in [0.717, 1.165) is 31.1 Å². The maximum atomic E-state index is 11.6. The average molecular weight is 451 g/mol. The van der Waals surface area contributed by atoms with Gasteiger partial charge in [0.15, 0.2) is 0 Å². The largest absolute Gasteiger partial charge is 0.463 e. The minimum atomic E-state index is -0.191. The topological polar surface area (TPSA) is 52.6 Å². The molecule has 0 N–H and O–H groups in total. The van der Waals surface area contributed by atoms with Crippen LogP contribution in [0, 0.1) is 40.4 Å². The molecule has 5 fully saturated rings. The highest BCUT2D eigenvalue weighted by Gasteiger charge is 2.71. The van der Waals surface area contributed by atoms with E-state index in [9.17, 15) is 9.59 Å². The molecule has 10 atom stereocenters. The third-order valence-corrected chi connectivity index (χ3v) is 11.7. The lowest BCUT2D eigenvalue weighted by molar-refractivity contribution is -0.162. The van der Waals surface area contributed by atoms with Gasteiger partial charge in [-0.1, -0.05) is 6.92 Å². The Balaban J connectivity index is 1.41. The van der Waals surface area contributed by atoms with Crippen LogP contribution in [0.15, 0.2) is 0 Å². The monoisotopic (exact) mass is 450 g/mol. The Bertz CT molecular complexity index is 769. The van der Waals surface area contributed by atoms with E-state index in [4.69, 9.17) is 21.1 Å². The molecular formula is C26H39ClO4. The average Bonchev–Trinajstić information content (AvgIpc) is 3.10. The summed E-state index contributed by atoms with van der Waals surface area (Å²) in [6.07, 6.45) is 11.6. The molecule has 0 aromatic carbocycles. The van der Waals surface area contributed by atoms with Crippen LogP contribution in [0.2, 0.25) is 0 Å². The first kappa shape index (κ1) is 22.0. The van der Waals surface area contributed by atoms with Gasteiger partial charge in [-0.15, -0.1) is 11.6 Å². The summed E-state index contributed by atoms with van der Waals surface area (Å²) >= 11 is 7.59. The van der Waals surface area contributed by atoms with Gasteiger partial charge in [-0.25, -0.2) is 0 Å². The standard InChI is InChI=1S/C26H39ClO4/c1-15(30-16(2)28)21-5-6-22-20-13-18-7-11-25(23(20)9-10-24(21,22)4)12-8-19(31-17(3)29)14-26(18,25)27/h15,18-23H,5-14H2,1-4H3/t15?,18-,19+,20+,21-,22+,23+,24-,25-,26+/m1/s1. The Morgan fingerprint density at radius 1 is 0.968 bits per heavy atom. The predicted molar refractivity (Wildman–Crippen MR) is 120 cm³/mol. The zero-order valence-corrected chi connectivity index (χ0v) is 20.4. The van der Waals surface area contributed by atoms with E-state index in [-0.39, 0.29) is 39.9 Å². The van der Waals surface area contributed by atoms with Crippen LogP contribution in [-0.4, -0.2) is 29.0 Å². The van der Waals surface area contributed by atoms with Crippen LogP contribution in [0.5, 0.6) is 0 Å². The van der Waals surface area contributed by atoms with Crippen molar-refractivity contribution >= 4 is 23.5 Å². The van der Waals surface area contributed by atoms with Gasteiger partial charge < -0.3 is 9.47 Å². The molecule has 5 saturated carbocycles. The molecule has 2 bridgehead atoms. The van der Waals surface area contributed by atoms with Crippen molar-refractivity contribution in [3.05, 3.63) is 0 Å². The summed E-state index contributed by atoms with van der Waals surface area (Å²) in [5.74, 6) is 2.86. The second-order valence-electron chi connectivity index (χ2n) is 11.9. The van der Waals surface area contributed by atoms with Crippen molar-refractivity contribution in [2.75, 3.05) is 0 Å². The minimum Gasteiger partial charge on any atom is -0.463 e. The maximum Gasteiger partial charge on any atom is 0.302 e. The maximum absolute atomic E-state index is 11.6. The molecule has 5 heteroatoms. The van der Waals surface area contributed by atoms with Crippen LogP contribution in [-0.2, 0) is 19.1 Å². The number of alkyl halides is 1. The summed E-state index contributed by atoms with van der Waals surface area (Å²) in [5, 5.41) is 0. The zero-order chi connectivity index (χ0) is 22.2. The molecule has 174 valence electrons. The molecule has 0 heterocycles. The van der Waals surface area contributed by atoms with E-state index in [1.807, 2.05) is 0 Å². The highest BCUT2D eigenvalue weighted by Crippen LogP contribution is 2.76. The second-order valence-corrected chi connectivity index (χ2v) is 12.6. The fourth-order valence-electron chi connectivity index (χ4n) is 9.93. The fourth-order valence-corrected chi connectivity index (χ4v) is 10.6. The third kappa shape index (κ3) is 3.05. The third-order valence-electron chi connectivity index (χ3n) is 10.9. The number of halogens is 1. The first-order valence-electron chi connectivity index (χ1n) is 12.6. The lowest BCUT2D eigenvalue weighted by Crippen LogP contribution is -2.62. The van der Waals surface area contributed by atoms with Gasteiger partial charge in [0.2, 0.25) is 0 Å². The molecule has 0 spiro atoms. The summed E-state index contributed by atoms with van der Waals surface area (Å²) in [5.41, 5.74) is 0.493. The number of carbonyl (C=O) groups excluding carboxylic acids is 2. The zero-order valence-electron chi connectivity index (χ0n) is 19.6. The molecule has 0 saturated heterocycles. The molecule has 5 rings (SSSR count). The van der Waals surface area contributed by atoms with Gasteiger partial charge in [0.05, 0.1) is 4.87 Å². The van der Waals surface area contributed by atoms with Crippen molar-refractivity contribution in [1.82, 2.24) is 0 Å². The van der Waals surface area contributed by atoms with Gasteiger partial charge in [-0.05, 0) is 99.2 Å². The molecule has 31 heavy (non-hydrogen) atoms. The molecule has 4 nitrogen and oxygen atoms in total. The van der Waals surface area contributed by atoms with Gasteiger partial charge in [0.25, 0.3) is 0 Å². The molecule has 5 aliphatic rings. The summed E-state index contributed by atoms with van der Waals surface area (Å²) in [7, 11) is 0. The molecule has 0 aliphatic heterocycles. The molecule has 5 aliphatic carbocycles. The Hall–Kier alpha value is -0.770. The summed E-state index contributed by atoms with van der Waals surface area (Å²) in [4.78, 5) is 23.0. The number of carbonyl (C=O) groups is 2. The van der Waals surface area contributed by atoms with Crippen LogP contribution in [0.1, 0.15) is 91.9 Å². The number of fused-ring (bicyclic) bond motifs is 3. The highest BCUT2D eigenvalue weighted by atomic mass is 35.5. The van der Waals surface area contributed by atoms with Crippen molar-refractivity contribution in [2.45, 2.75) is 109 Å². The molecule has 0 amide bonds. The number of esters is 2. The normalized spacial score (nSPS) is 51.3. The van der Waals surface area contributed by atoms with Crippen LogP contribution >= 0.6 is 11.6 Å². The van der Waals surface area contributed by atoms with Crippen molar-refractivity contribution in [1.29, 1.82) is 0 Å². The van der Waals surface area contributed by atoms with Gasteiger partial charge in [-0.2, -0.15) is 0 Å². The predicted octanol–water partition coefficient (Wildman–Crippen LogP) is 5.89. The molecule has 0 aromatic rings. The van der Waals surface area contributed by atoms with E-state index < -0.39 is 0 Å². The number of rotatable bonds is 3. The molecule has 0 aromatic heterocycles. The SMILES string of the molecule is CC(=O)OC(C)[C@H]1CC[C@H]2[C@@H]3C[C@H]4CC[C@@]5(CC[C@H](OC(C)=O)C[C@]45Cl)[C@H]3CC[C@]12C. The van der Waals surface area contributed by atoms with E-state index >= 15 is 0 Å². The Morgan fingerprint density at radius 3 is 2.42 bits per heavy atom. The van der Waals surface area contributed by atoms with Crippen LogP contribution in [0.4, 0.5) is 0 Å². The van der Waals surface area contributed by atoms with Gasteiger partial charge in [0.1, 0.15) is 12.2 Å².